The summed E-state index contributed by atoms with van der Waals surface area (Å²) in [6.07, 6.45) is 5.49. The van der Waals surface area contributed by atoms with Gasteiger partial charge in [-0.3, -0.25) is 15.2 Å². The number of carbonyl (C=O) groups is 1. The summed E-state index contributed by atoms with van der Waals surface area (Å²) < 4.78 is 0. The van der Waals surface area contributed by atoms with E-state index in [-0.39, 0.29) is 17.9 Å². The van der Waals surface area contributed by atoms with Crippen LogP contribution in [0.1, 0.15) is 37.4 Å². The Labute approximate surface area is 111 Å². The van der Waals surface area contributed by atoms with Crippen molar-refractivity contribution < 1.29 is 9.63 Å². The Bertz CT molecular complexity index is 471. The molecule has 1 unspecified atom stereocenters. The molecular formula is C13H18N4O2. The minimum atomic E-state index is -0.0485. The highest BCUT2D eigenvalue weighted by Crippen LogP contribution is 2.41. The maximum atomic E-state index is 11.5. The highest BCUT2D eigenvalue weighted by molar-refractivity contribution is 5.77. The molecule has 2 heterocycles. The first-order valence-corrected chi connectivity index (χ1v) is 6.67. The minimum Gasteiger partial charge on any atom is -0.406 e. The monoisotopic (exact) mass is 262 g/mol. The number of carbonyl (C=O) groups excluding carboxylic acids is 1. The highest BCUT2D eigenvalue weighted by atomic mass is 16.7. The van der Waals surface area contributed by atoms with Crippen LogP contribution in [0.5, 0.6) is 5.75 Å². The van der Waals surface area contributed by atoms with E-state index in [9.17, 15) is 4.79 Å². The topological polar surface area (TPSA) is 89.3 Å². The van der Waals surface area contributed by atoms with E-state index in [2.05, 4.69) is 15.9 Å². The predicted molar refractivity (Wildman–Crippen MR) is 68.5 cm³/mol. The number of nitrogens with two attached hydrogens (primary N) is 1. The fourth-order valence-electron chi connectivity index (χ4n) is 3.06. The quantitative estimate of drug-likeness (QED) is 0.417. The lowest BCUT2D eigenvalue weighted by atomic mass is 9.77. The molecule has 0 bridgehead atoms. The largest absolute Gasteiger partial charge is 0.406 e. The summed E-state index contributed by atoms with van der Waals surface area (Å²) in [4.78, 5) is 21.4. The standard InChI is InChI=1S/C13H18N4O2/c14-16-13(18)9-5-3-8(4-6-9)11-12-10(19-17-11)2-1-7-15-12/h1-2,7-9,11,17H,3-6,14H2,(H,16,18). The van der Waals surface area contributed by atoms with Gasteiger partial charge in [-0.05, 0) is 43.7 Å². The Hall–Kier alpha value is -1.66. The van der Waals surface area contributed by atoms with Crippen molar-refractivity contribution in [2.75, 3.05) is 0 Å². The maximum absolute atomic E-state index is 11.5. The lowest BCUT2D eigenvalue weighted by Gasteiger charge is -2.30. The van der Waals surface area contributed by atoms with Crippen molar-refractivity contribution in [2.24, 2.45) is 17.7 Å². The Morgan fingerprint density at radius 2 is 2.21 bits per heavy atom. The molecule has 3 rings (SSSR count). The normalized spacial score (nSPS) is 29.4. The zero-order valence-corrected chi connectivity index (χ0v) is 10.6. The van der Waals surface area contributed by atoms with Crippen molar-refractivity contribution in [3.05, 3.63) is 24.0 Å². The summed E-state index contributed by atoms with van der Waals surface area (Å²) in [6, 6.07) is 3.92. The highest BCUT2D eigenvalue weighted by Gasteiger charge is 2.36. The van der Waals surface area contributed by atoms with Gasteiger partial charge in [0.05, 0.1) is 6.04 Å². The van der Waals surface area contributed by atoms with Crippen LogP contribution in [0, 0.1) is 11.8 Å². The van der Waals surface area contributed by atoms with Crippen LogP contribution in [-0.2, 0) is 4.79 Å². The van der Waals surface area contributed by atoms with Gasteiger partial charge >= 0.3 is 0 Å². The summed E-state index contributed by atoms with van der Waals surface area (Å²) >= 11 is 0. The van der Waals surface area contributed by atoms with Gasteiger partial charge in [0, 0.05) is 12.1 Å². The third-order valence-corrected chi connectivity index (χ3v) is 4.15. The van der Waals surface area contributed by atoms with Crippen LogP contribution in [0.25, 0.3) is 0 Å². The van der Waals surface area contributed by atoms with E-state index in [0.717, 1.165) is 37.1 Å². The van der Waals surface area contributed by atoms with Gasteiger partial charge < -0.3 is 4.84 Å². The van der Waals surface area contributed by atoms with E-state index in [1.807, 2.05) is 12.1 Å². The molecule has 19 heavy (non-hydrogen) atoms. The second-order valence-electron chi connectivity index (χ2n) is 5.20. The predicted octanol–water partition coefficient (Wildman–Crippen LogP) is 0.816. The minimum absolute atomic E-state index is 0.0479. The number of rotatable bonds is 2. The van der Waals surface area contributed by atoms with Crippen LogP contribution in [0.3, 0.4) is 0 Å². The SMILES string of the molecule is NNC(=O)C1CCC(C2NOc3cccnc32)CC1. The molecule has 6 nitrogen and oxygen atoms in total. The second-order valence-corrected chi connectivity index (χ2v) is 5.20. The van der Waals surface area contributed by atoms with Gasteiger partial charge in [0.15, 0.2) is 5.75 Å². The molecule has 4 N–H and O–H groups in total. The molecule has 0 aromatic carbocycles. The number of fused-ring (bicyclic) bond motifs is 1. The van der Waals surface area contributed by atoms with Gasteiger partial charge in [-0.1, -0.05) is 0 Å². The van der Waals surface area contributed by atoms with Crippen LogP contribution in [0.4, 0.5) is 0 Å². The fraction of sp³-hybridized carbons (Fsp3) is 0.538. The molecule has 1 saturated carbocycles. The van der Waals surface area contributed by atoms with Crippen molar-refractivity contribution in [3.63, 3.8) is 0 Å². The lowest BCUT2D eigenvalue weighted by Crippen LogP contribution is -2.38. The number of hydrogen-bond acceptors (Lipinski definition) is 5. The molecule has 0 radical (unpaired) electrons. The smallest absolute Gasteiger partial charge is 0.236 e. The Kier molecular flexibility index (Phi) is 3.35. The first kappa shape index (κ1) is 12.4. The number of hydroxylamine groups is 1. The third kappa shape index (κ3) is 2.29. The van der Waals surface area contributed by atoms with Gasteiger partial charge in [-0.15, -0.1) is 5.48 Å². The Morgan fingerprint density at radius 1 is 1.42 bits per heavy atom. The molecule has 6 heteroatoms. The second kappa shape index (κ2) is 5.14. The lowest BCUT2D eigenvalue weighted by molar-refractivity contribution is -0.126. The number of hydrogen-bond donors (Lipinski definition) is 3. The number of aromatic nitrogens is 1. The van der Waals surface area contributed by atoms with E-state index in [1.165, 1.54) is 0 Å². The average Bonchev–Trinajstić information content (AvgIpc) is 2.90. The van der Waals surface area contributed by atoms with Crippen LogP contribution in [-0.4, -0.2) is 10.9 Å². The van der Waals surface area contributed by atoms with E-state index in [0.29, 0.717) is 5.92 Å². The molecule has 1 atom stereocenters. The molecule has 1 aromatic heterocycles. The fourth-order valence-corrected chi connectivity index (χ4v) is 3.06. The number of nitrogens with one attached hydrogen (secondary N) is 2. The number of nitrogens with zero attached hydrogens (tertiary/aromatic N) is 1. The molecule has 1 aromatic rings. The molecule has 1 fully saturated rings. The Balaban J connectivity index is 1.65. The van der Waals surface area contributed by atoms with E-state index in [4.69, 9.17) is 10.7 Å². The summed E-state index contributed by atoms with van der Waals surface area (Å²) in [5, 5.41) is 0. The zero-order valence-electron chi connectivity index (χ0n) is 10.6. The van der Waals surface area contributed by atoms with Crippen LogP contribution in [0.2, 0.25) is 0 Å². The van der Waals surface area contributed by atoms with Crippen molar-refractivity contribution >= 4 is 5.91 Å². The number of pyridine rings is 1. The first-order chi connectivity index (χ1) is 9.29. The van der Waals surface area contributed by atoms with Gasteiger partial charge in [0.2, 0.25) is 5.91 Å². The summed E-state index contributed by atoms with van der Waals surface area (Å²) in [5.74, 6) is 6.45. The van der Waals surface area contributed by atoms with Crippen molar-refractivity contribution in [2.45, 2.75) is 31.7 Å². The maximum Gasteiger partial charge on any atom is 0.236 e. The van der Waals surface area contributed by atoms with E-state index >= 15 is 0 Å². The van der Waals surface area contributed by atoms with Crippen molar-refractivity contribution in [3.8, 4) is 5.75 Å². The van der Waals surface area contributed by atoms with Crippen molar-refractivity contribution in [1.29, 1.82) is 0 Å². The van der Waals surface area contributed by atoms with E-state index in [1.54, 1.807) is 6.20 Å². The molecule has 1 amide bonds. The average molecular weight is 262 g/mol. The Morgan fingerprint density at radius 3 is 2.95 bits per heavy atom. The van der Waals surface area contributed by atoms with Gasteiger partial charge in [-0.25, -0.2) is 5.84 Å². The van der Waals surface area contributed by atoms with Crippen LogP contribution < -0.4 is 21.6 Å². The van der Waals surface area contributed by atoms with Gasteiger partial charge in [0.1, 0.15) is 5.69 Å². The van der Waals surface area contributed by atoms with Crippen LogP contribution in [0.15, 0.2) is 18.3 Å². The van der Waals surface area contributed by atoms with Gasteiger partial charge in [-0.2, -0.15) is 0 Å². The van der Waals surface area contributed by atoms with Gasteiger partial charge in [0.25, 0.3) is 0 Å². The zero-order chi connectivity index (χ0) is 13.2. The molecule has 102 valence electrons. The molecule has 1 aliphatic carbocycles. The van der Waals surface area contributed by atoms with E-state index < -0.39 is 0 Å². The molecule has 1 aliphatic heterocycles. The summed E-state index contributed by atoms with van der Waals surface area (Å²) in [6.45, 7) is 0. The third-order valence-electron chi connectivity index (χ3n) is 4.15. The van der Waals surface area contributed by atoms with Crippen LogP contribution >= 0.6 is 0 Å². The molecule has 0 saturated heterocycles. The summed E-state index contributed by atoms with van der Waals surface area (Å²) in [7, 11) is 0. The van der Waals surface area contributed by atoms with Crippen molar-refractivity contribution in [1.82, 2.24) is 15.9 Å². The molecule has 0 spiro atoms. The number of hydrazine groups is 1. The molecular weight excluding hydrogens is 244 g/mol. The first-order valence-electron chi connectivity index (χ1n) is 6.67. The molecule has 2 aliphatic rings. The summed E-state index contributed by atoms with van der Waals surface area (Å²) in [5.41, 5.74) is 6.29. The number of amides is 1.